The van der Waals surface area contributed by atoms with Crippen LogP contribution < -0.4 is 4.90 Å². The molecule has 10 aromatic carbocycles. The minimum Gasteiger partial charge on any atom is -0.309 e. The van der Waals surface area contributed by atoms with Crippen molar-refractivity contribution in [1.29, 1.82) is 0 Å². The van der Waals surface area contributed by atoms with Crippen LogP contribution in [0.1, 0.15) is 0 Å². The Hall–Kier alpha value is -7.68. The average molecular weight is 739 g/mol. The summed E-state index contributed by atoms with van der Waals surface area (Å²) in [6.07, 6.45) is 0. The van der Waals surface area contributed by atoms with E-state index in [1.807, 2.05) is 0 Å². The number of fused-ring (bicyclic) bond motifs is 5. The first-order valence-corrected chi connectivity index (χ1v) is 19.9. The molecule has 0 unspecified atom stereocenters. The zero-order valence-corrected chi connectivity index (χ0v) is 31.8. The van der Waals surface area contributed by atoms with E-state index in [9.17, 15) is 0 Å². The molecule has 1 heterocycles. The molecule has 0 fully saturated rings. The molecular weight excluding hydrogens is 701 g/mol. The van der Waals surface area contributed by atoms with Crippen molar-refractivity contribution in [2.45, 2.75) is 0 Å². The summed E-state index contributed by atoms with van der Waals surface area (Å²) in [6, 6.07) is 83.7. The zero-order valence-electron chi connectivity index (χ0n) is 31.8. The van der Waals surface area contributed by atoms with E-state index in [1.165, 1.54) is 76.7 Å². The fourth-order valence-corrected chi connectivity index (χ4v) is 8.98. The summed E-state index contributed by atoms with van der Waals surface area (Å²) in [7, 11) is 0. The molecule has 2 heteroatoms. The van der Waals surface area contributed by atoms with Crippen molar-refractivity contribution in [3.63, 3.8) is 0 Å². The van der Waals surface area contributed by atoms with Crippen LogP contribution in [0, 0.1) is 0 Å². The fourth-order valence-electron chi connectivity index (χ4n) is 8.98. The molecule has 0 saturated heterocycles. The Labute approximate surface area is 338 Å². The molecule has 0 radical (unpaired) electrons. The van der Waals surface area contributed by atoms with Crippen molar-refractivity contribution in [3.8, 4) is 39.1 Å². The third-order valence-corrected chi connectivity index (χ3v) is 11.6. The largest absolute Gasteiger partial charge is 0.309 e. The molecule has 11 rings (SSSR count). The first kappa shape index (κ1) is 33.6. The molecule has 0 N–H and O–H groups in total. The Kier molecular flexibility index (Phi) is 8.19. The summed E-state index contributed by atoms with van der Waals surface area (Å²) in [6.45, 7) is 0. The number of hydrogen-bond donors (Lipinski definition) is 0. The van der Waals surface area contributed by atoms with E-state index in [-0.39, 0.29) is 0 Å². The van der Waals surface area contributed by atoms with E-state index in [1.54, 1.807) is 0 Å². The Balaban J connectivity index is 1.14. The van der Waals surface area contributed by atoms with Gasteiger partial charge in [-0.25, -0.2) is 0 Å². The fraction of sp³-hybridized carbons (Fsp3) is 0. The summed E-state index contributed by atoms with van der Waals surface area (Å²) in [4.78, 5) is 2.46. The molecule has 272 valence electrons. The van der Waals surface area contributed by atoms with Gasteiger partial charge in [0.05, 0.1) is 28.1 Å². The second-order valence-electron chi connectivity index (χ2n) is 14.9. The summed E-state index contributed by atoms with van der Waals surface area (Å²) in [5, 5.41) is 7.31. The topological polar surface area (TPSA) is 8.17 Å². The van der Waals surface area contributed by atoms with Crippen molar-refractivity contribution in [3.05, 3.63) is 231 Å². The number of rotatable bonds is 7. The van der Waals surface area contributed by atoms with E-state index < -0.39 is 0 Å². The van der Waals surface area contributed by atoms with Gasteiger partial charge in [0.1, 0.15) is 0 Å². The molecular formula is C56H38N2. The van der Waals surface area contributed by atoms with Crippen LogP contribution in [0.15, 0.2) is 231 Å². The van der Waals surface area contributed by atoms with Crippen LogP contribution >= 0.6 is 0 Å². The lowest BCUT2D eigenvalue weighted by Gasteiger charge is -2.29. The van der Waals surface area contributed by atoms with E-state index in [0.717, 1.165) is 22.7 Å². The number of benzene rings is 10. The van der Waals surface area contributed by atoms with Crippen LogP contribution in [0.3, 0.4) is 0 Å². The van der Waals surface area contributed by atoms with Crippen molar-refractivity contribution >= 4 is 60.4 Å². The summed E-state index contributed by atoms with van der Waals surface area (Å²) >= 11 is 0. The van der Waals surface area contributed by atoms with Gasteiger partial charge in [-0.3, -0.25) is 0 Å². The SMILES string of the molecule is c1ccc(-c2ccc(N(c3ccc(-c4ccccc4)c4ccccc34)c3ccc(-c4ccccc4-n4c5ccccc5c5ccccc54)c4ccccc34)cc2)cc1. The first-order valence-electron chi connectivity index (χ1n) is 19.9. The van der Waals surface area contributed by atoms with Gasteiger partial charge in [0.2, 0.25) is 0 Å². The van der Waals surface area contributed by atoms with Crippen LogP contribution in [0.25, 0.3) is 82.4 Å². The highest BCUT2D eigenvalue weighted by Gasteiger charge is 2.22. The molecule has 0 spiro atoms. The normalized spacial score (nSPS) is 11.4. The molecule has 11 aromatic rings. The van der Waals surface area contributed by atoms with E-state index >= 15 is 0 Å². The Morgan fingerprint density at radius 1 is 0.259 bits per heavy atom. The van der Waals surface area contributed by atoms with Gasteiger partial charge in [-0.15, -0.1) is 0 Å². The highest BCUT2D eigenvalue weighted by molar-refractivity contribution is 6.13. The van der Waals surface area contributed by atoms with Crippen LogP contribution in [-0.4, -0.2) is 4.57 Å². The maximum atomic E-state index is 2.46. The lowest BCUT2D eigenvalue weighted by atomic mass is 9.93. The number of para-hydroxylation sites is 3. The van der Waals surface area contributed by atoms with E-state index in [0.29, 0.717) is 0 Å². The van der Waals surface area contributed by atoms with Crippen molar-refractivity contribution in [2.24, 2.45) is 0 Å². The van der Waals surface area contributed by atoms with Gasteiger partial charge in [-0.05, 0) is 81.1 Å². The molecule has 0 saturated carbocycles. The molecule has 0 aliphatic rings. The average Bonchev–Trinajstić information content (AvgIpc) is 3.64. The molecule has 58 heavy (non-hydrogen) atoms. The summed E-state index contributed by atoms with van der Waals surface area (Å²) in [5.41, 5.74) is 14.1. The van der Waals surface area contributed by atoms with Crippen LogP contribution in [0.4, 0.5) is 17.1 Å². The summed E-state index contributed by atoms with van der Waals surface area (Å²) < 4.78 is 2.43. The standard InChI is InChI=1S/C56H38N2/c1-3-17-39(18-4-1)40-31-33-42(34-32-40)57(55-37-35-43(41-19-5-2-6-20-41)44-21-7-9-23-47(44)55)56-38-36-46(45-22-8-10-24-48(45)56)49-25-11-14-28-52(49)58-53-29-15-12-26-50(53)51-27-13-16-30-54(51)58/h1-38H. The predicted octanol–water partition coefficient (Wildman–Crippen LogP) is 15.6. The number of hydrogen-bond acceptors (Lipinski definition) is 1. The quantitative estimate of drug-likeness (QED) is 0.158. The minimum atomic E-state index is 1.10. The summed E-state index contributed by atoms with van der Waals surface area (Å²) in [5.74, 6) is 0. The third kappa shape index (κ3) is 5.57. The highest BCUT2D eigenvalue weighted by Crippen LogP contribution is 2.47. The monoisotopic (exact) mass is 738 g/mol. The maximum absolute atomic E-state index is 2.46. The molecule has 0 bridgehead atoms. The van der Waals surface area contributed by atoms with Crippen LogP contribution in [0.5, 0.6) is 0 Å². The van der Waals surface area contributed by atoms with E-state index in [2.05, 4.69) is 240 Å². The lowest BCUT2D eigenvalue weighted by Crippen LogP contribution is -2.11. The smallest absolute Gasteiger partial charge is 0.0541 e. The molecule has 1 aromatic heterocycles. The Morgan fingerprint density at radius 2 is 0.690 bits per heavy atom. The van der Waals surface area contributed by atoms with Crippen molar-refractivity contribution in [1.82, 2.24) is 4.57 Å². The second kappa shape index (κ2) is 14.1. The Morgan fingerprint density at radius 3 is 1.29 bits per heavy atom. The van der Waals surface area contributed by atoms with Crippen LogP contribution in [0.2, 0.25) is 0 Å². The van der Waals surface area contributed by atoms with Crippen molar-refractivity contribution < 1.29 is 0 Å². The zero-order chi connectivity index (χ0) is 38.4. The van der Waals surface area contributed by atoms with Gasteiger partial charge in [0.15, 0.2) is 0 Å². The third-order valence-electron chi connectivity index (χ3n) is 11.6. The molecule has 0 aliphatic heterocycles. The second-order valence-corrected chi connectivity index (χ2v) is 14.9. The molecule has 0 amide bonds. The number of nitrogens with zero attached hydrogens (tertiary/aromatic N) is 2. The van der Waals surface area contributed by atoms with Crippen LogP contribution in [-0.2, 0) is 0 Å². The van der Waals surface area contributed by atoms with Gasteiger partial charge in [0, 0.05) is 32.8 Å². The maximum Gasteiger partial charge on any atom is 0.0541 e. The van der Waals surface area contributed by atoms with Crippen molar-refractivity contribution in [2.75, 3.05) is 4.90 Å². The predicted molar refractivity (Wildman–Crippen MR) is 247 cm³/mol. The molecule has 0 atom stereocenters. The highest BCUT2D eigenvalue weighted by atomic mass is 15.1. The first-order chi connectivity index (χ1) is 28.8. The van der Waals surface area contributed by atoms with Gasteiger partial charge >= 0.3 is 0 Å². The lowest BCUT2D eigenvalue weighted by molar-refractivity contribution is 1.18. The van der Waals surface area contributed by atoms with Gasteiger partial charge in [0.25, 0.3) is 0 Å². The van der Waals surface area contributed by atoms with Gasteiger partial charge in [-0.1, -0.05) is 188 Å². The van der Waals surface area contributed by atoms with Gasteiger partial charge < -0.3 is 9.47 Å². The molecule has 0 aliphatic carbocycles. The minimum absolute atomic E-state index is 1.10. The van der Waals surface area contributed by atoms with E-state index in [4.69, 9.17) is 0 Å². The number of anilines is 3. The number of aromatic nitrogens is 1. The Bertz CT molecular complexity index is 3220. The molecule has 2 nitrogen and oxygen atoms in total. The van der Waals surface area contributed by atoms with Gasteiger partial charge in [-0.2, -0.15) is 0 Å².